The zero-order valence-corrected chi connectivity index (χ0v) is 12.2. The monoisotopic (exact) mass is 265 g/mol. The molecule has 0 bridgehead atoms. The van der Waals surface area contributed by atoms with Crippen molar-refractivity contribution in [1.29, 1.82) is 0 Å². The van der Waals surface area contributed by atoms with E-state index in [2.05, 4.69) is 19.2 Å². The number of nitrogens with one attached hydrogen (secondary N) is 1. The summed E-state index contributed by atoms with van der Waals surface area (Å²) in [7, 11) is 0. The second-order valence-corrected chi connectivity index (χ2v) is 5.93. The van der Waals surface area contributed by atoms with Crippen LogP contribution in [0, 0.1) is 5.92 Å². The van der Waals surface area contributed by atoms with Crippen LogP contribution in [0.15, 0.2) is 22.8 Å². The summed E-state index contributed by atoms with van der Waals surface area (Å²) in [5.74, 6) is 1.78. The molecule has 3 heteroatoms. The summed E-state index contributed by atoms with van der Waals surface area (Å²) < 4.78 is 5.45. The third-order valence-corrected chi connectivity index (χ3v) is 4.59. The Balaban J connectivity index is 1.84. The summed E-state index contributed by atoms with van der Waals surface area (Å²) in [6.07, 6.45) is 8.09. The van der Waals surface area contributed by atoms with Crippen molar-refractivity contribution in [3.63, 3.8) is 0 Å². The first-order chi connectivity index (χ1) is 9.17. The van der Waals surface area contributed by atoms with Crippen LogP contribution >= 0.6 is 0 Å². The predicted octanol–water partition coefficient (Wildman–Crippen LogP) is 3.65. The fourth-order valence-electron chi connectivity index (χ4n) is 3.05. The fourth-order valence-corrected chi connectivity index (χ4v) is 3.05. The van der Waals surface area contributed by atoms with Gasteiger partial charge in [-0.1, -0.05) is 20.3 Å². The van der Waals surface area contributed by atoms with Crippen LogP contribution in [-0.2, 0) is 0 Å². The Morgan fingerprint density at radius 1 is 1.42 bits per heavy atom. The van der Waals surface area contributed by atoms with Gasteiger partial charge in [-0.3, -0.25) is 0 Å². The summed E-state index contributed by atoms with van der Waals surface area (Å²) in [6.45, 7) is 5.05. The molecule has 1 heterocycles. The topological polar surface area (TPSA) is 45.4 Å². The molecule has 0 aromatic carbocycles. The zero-order valence-electron chi connectivity index (χ0n) is 12.2. The number of aliphatic hydroxyl groups is 1. The van der Waals surface area contributed by atoms with Gasteiger partial charge in [-0.2, -0.15) is 0 Å². The predicted molar refractivity (Wildman–Crippen MR) is 76.9 cm³/mol. The fraction of sp³-hybridized carbons (Fsp3) is 0.750. The van der Waals surface area contributed by atoms with E-state index in [-0.39, 0.29) is 6.04 Å². The summed E-state index contributed by atoms with van der Waals surface area (Å²) in [5.41, 5.74) is -0.522. The van der Waals surface area contributed by atoms with Crippen molar-refractivity contribution in [3.8, 4) is 0 Å². The van der Waals surface area contributed by atoms with E-state index in [0.717, 1.165) is 43.8 Å². The van der Waals surface area contributed by atoms with E-state index in [0.29, 0.717) is 6.54 Å². The molecule has 1 fully saturated rings. The third-order valence-electron chi connectivity index (χ3n) is 4.59. The second-order valence-electron chi connectivity index (χ2n) is 5.93. The Bertz CT molecular complexity index is 353. The summed E-state index contributed by atoms with van der Waals surface area (Å²) in [4.78, 5) is 0. The number of furan rings is 1. The SMILES string of the molecule is CCC1CCC(O)(CNC(CC)c2ccco2)CC1. The van der Waals surface area contributed by atoms with Crippen molar-refractivity contribution in [2.75, 3.05) is 6.54 Å². The van der Waals surface area contributed by atoms with Gasteiger partial charge in [0, 0.05) is 6.54 Å². The summed E-state index contributed by atoms with van der Waals surface area (Å²) in [5, 5.41) is 14.1. The van der Waals surface area contributed by atoms with Crippen LogP contribution in [0.5, 0.6) is 0 Å². The Morgan fingerprint density at radius 3 is 2.68 bits per heavy atom. The van der Waals surface area contributed by atoms with Crippen LogP contribution in [-0.4, -0.2) is 17.3 Å². The van der Waals surface area contributed by atoms with Gasteiger partial charge in [0.1, 0.15) is 5.76 Å². The van der Waals surface area contributed by atoms with Crippen molar-refractivity contribution >= 4 is 0 Å². The Hall–Kier alpha value is -0.800. The lowest BCUT2D eigenvalue weighted by molar-refractivity contribution is -0.0112. The summed E-state index contributed by atoms with van der Waals surface area (Å²) in [6, 6.07) is 4.13. The first-order valence-corrected chi connectivity index (χ1v) is 7.66. The second kappa shape index (κ2) is 6.58. The van der Waals surface area contributed by atoms with Crippen molar-refractivity contribution in [2.45, 2.75) is 64.0 Å². The molecule has 2 N–H and O–H groups in total. The van der Waals surface area contributed by atoms with Gasteiger partial charge in [0.15, 0.2) is 0 Å². The highest BCUT2D eigenvalue weighted by atomic mass is 16.3. The minimum absolute atomic E-state index is 0.211. The van der Waals surface area contributed by atoms with Crippen LogP contribution in [0.25, 0.3) is 0 Å². The maximum atomic E-state index is 10.6. The molecule has 108 valence electrons. The average molecular weight is 265 g/mol. The highest BCUT2D eigenvalue weighted by Crippen LogP contribution is 2.33. The van der Waals surface area contributed by atoms with Gasteiger partial charge >= 0.3 is 0 Å². The molecule has 1 aromatic rings. The first-order valence-electron chi connectivity index (χ1n) is 7.66. The minimum Gasteiger partial charge on any atom is -0.468 e. The van der Waals surface area contributed by atoms with Gasteiger partial charge in [0.2, 0.25) is 0 Å². The van der Waals surface area contributed by atoms with Gasteiger partial charge in [0.25, 0.3) is 0 Å². The molecule has 3 nitrogen and oxygen atoms in total. The van der Waals surface area contributed by atoms with Crippen LogP contribution in [0.1, 0.15) is 64.2 Å². The highest BCUT2D eigenvalue weighted by Gasteiger charge is 2.33. The van der Waals surface area contributed by atoms with Crippen LogP contribution in [0.3, 0.4) is 0 Å². The molecule has 1 saturated carbocycles. The van der Waals surface area contributed by atoms with Crippen molar-refractivity contribution < 1.29 is 9.52 Å². The van der Waals surface area contributed by atoms with E-state index in [4.69, 9.17) is 4.42 Å². The Morgan fingerprint density at radius 2 is 2.16 bits per heavy atom. The average Bonchev–Trinajstić information content (AvgIpc) is 2.94. The molecule has 0 spiro atoms. The van der Waals surface area contributed by atoms with Crippen LogP contribution in [0.4, 0.5) is 0 Å². The maximum Gasteiger partial charge on any atom is 0.120 e. The van der Waals surface area contributed by atoms with Crippen molar-refractivity contribution in [3.05, 3.63) is 24.2 Å². The molecule has 19 heavy (non-hydrogen) atoms. The third kappa shape index (κ3) is 3.83. The molecule has 1 aliphatic rings. The minimum atomic E-state index is -0.522. The lowest BCUT2D eigenvalue weighted by Gasteiger charge is -2.36. The molecule has 1 unspecified atom stereocenters. The van der Waals surface area contributed by atoms with Crippen molar-refractivity contribution in [2.24, 2.45) is 5.92 Å². The zero-order chi connectivity index (χ0) is 13.7. The van der Waals surface area contributed by atoms with E-state index in [1.165, 1.54) is 6.42 Å². The molecule has 1 atom stereocenters. The molecule has 1 aromatic heterocycles. The maximum absolute atomic E-state index is 10.6. The van der Waals surface area contributed by atoms with E-state index in [1.807, 2.05) is 12.1 Å². The van der Waals surface area contributed by atoms with E-state index < -0.39 is 5.60 Å². The number of rotatable bonds is 6. The standard InChI is InChI=1S/C16H27NO2/c1-3-13-7-9-16(18,10-8-13)12-17-14(4-2)15-6-5-11-19-15/h5-6,11,13-14,17-18H,3-4,7-10,12H2,1-2H3. The van der Waals surface area contributed by atoms with Gasteiger partial charge in [-0.25, -0.2) is 0 Å². The Labute approximate surface area is 116 Å². The van der Waals surface area contributed by atoms with Gasteiger partial charge < -0.3 is 14.8 Å². The molecule has 2 rings (SSSR count). The van der Waals surface area contributed by atoms with E-state index >= 15 is 0 Å². The number of hydrogen-bond acceptors (Lipinski definition) is 3. The van der Waals surface area contributed by atoms with Crippen LogP contribution < -0.4 is 5.32 Å². The molecular formula is C16H27NO2. The molecule has 1 aliphatic carbocycles. The molecule has 0 radical (unpaired) electrons. The Kier molecular flexibility index (Phi) is 5.06. The highest BCUT2D eigenvalue weighted by molar-refractivity contribution is 5.04. The first kappa shape index (κ1) is 14.6. The normalized spacial score (nSPS) is 29.3. The quantitative estimate of drug-likeness (QED) is 0.825. The van der Waals surface area contributed by atoms with Gasteiger partial charge in [-0.15, -0.1) is 0 Å². The summed E-state index contributed by atoms with van der Waals surface area (Å²) >= 11 is 0. The molecular weight excluding hydrogens is 238 g/mol. The smallest absolute Gasteiger partial charge is 0.120 e. The van der Waals surface area contributed by atoms with Gasteiger partial charge in [0.05, 0.1) is 17.9 Å². The van der Waals surface area contributed by atoms with E-state index in [9.17, 15) is 5.11 Å². The lowest BCUT2D eigenvalue weighted by Crippen LogP contribution is -2.44. The van der Waals surface area contributed by atoms with Crippen LogP contribution in [0.2, 0.25) is 0 Å². The molecule has 0 amide bonds. The van der Waals surface area contributed by atoms with Gasteiger partial charge in [-0.05, 0) is 50.2 Å². The van der Waals surface area contributed by atoms with E-state index in [1.54, 1.807) is 6.26 Å². The molecule has 0 saturated heterocycles. The largest absolute Gasteiger partial charge is 0.468 e. The molecule has 0 aliphatic heterocycles. The number of hydrogen-bond donors (Lipinski definition) is 2. The lowest BCUT2D eigenvalue weighted by atomic mass is 9.77. The van der Waals surface area contributed by atoms with Crippen molar-refractivity contribution in [1.82, 2.24) is 5.32 Å².